The molecule has 0 saturated carbocycles. The van der Waals surface area contributed by atoms with E-state index in [-0.39, 0.29) is 23.7 Å². The maximum Gasteiger partial charge on any atom is 0.272 e. The third-order valence-electron chi connectivity index (χ3n) is 5.76. The first kappa shape index (κ1) is 24.7. The molecule has 3 aromatic carbocycles. The Kier molecular flexibility index (Phi) is 6.92. The fraction of sp³-hybridized carbons (Fsp3) is 0.207. The van der Waals surface area contributed by atoms with Crippen LogP contribution in [-0.2, 0) is 10.2 Å². The smallest absolute Gasteiger partial charge is 0.272 e. The third kappa shape index (κ3) is 5.81. The molecular weight excluding hydrogens is 456 g/mol. The molecule has 0 spiro atoms. The normalized spacial score (nSPS) is 12.7. The summed E-state index contributed by atoms with van der Waals surface area (Å²) in [5.41, 5.74) is 3.22. The lowest BCUT2D eigenvalue weighted by molar-refractivity contribution is -0.113. The van der Waals surface area contributed by atoms with Crippen molar-refractivity contribution in [2.24, 2.45) is 0 Å². The number of ether oxygens (including phenoxy) is 2. The number of amides is 2. The number of fused-ring (bicyclic) bond motifs is 1. The molecule has 0 radical (unpaired) electrons. The fourth-order valence-corrected chi connectivity index (χ4v) is 3.63. The lowest BCUT2D eigenvalue weighted by Crippen LogP contribution is -2.30. The van der Waals surface area contributed by atoms with Crippen LogP contribution in [-0.4, -0.2) is 24.4 Å². The second kappa shape index (κ2) is 10.1. The molecule has 0 bridgehead atoms. The predicted molar refractivity (Wildman–Crippen MR) is 138 cm³/mol. The van der Waals surface area contributed by atoms with Gasteiger partial charge in [-0.2, -0.15) is 0 Å². The molecule has 0 fully saturated rings. The first-order chi connectivity index (χ1) is 17.1. The van der Waals surface area contributed by atoms with Crippen molar-refractivity contribution in [2.75, 3.05) is 12.1 Å². The summed E-state index contributed by atoms with van der Waals surface area (Å²) >= 11 is 0. The zero-order valence-electron chi connectivity index (χ0n) is 20.7. The Balaban J connectivity index is 1.60. The van der Waals surface area contributed by atoms with Crippen molar-refractivity contribution in [3.63, 3.8) is 0 Å². The first-order valence-electron chi connectivity index (χ1n) is 11.6. The minimum Gasteiger partial charge on any atom is -0.454 e. The van der Waals surface area contributed by atoms with Crippen LogP contribution in [0.2, 0.25) is 0 Å². The first-order valence-corrected chi connectivity index (χ1v) is 11.6. The average molecular weight is 485 g/mol. The number of benzene rings is 3. The van der Waals surface area contributed by atoms with E-state index in [1.54, 1.807) is 60.7 Å². The van der Waals surface area contributed by atoms with E-state index in [4.69, 9.17) is 9.47 Å². The number of anilines is 1. The van der Waals surface area contributed by atoms with Crippen molar-refractivity contribution < 1.29 is 23.9 Å². The second-order valence-corrected chi connectivity index (χ2v) is 9.54. The molecule has 2 amide bonds. The second-order valence-electron chi connectivity index (χ2n) is 9.54. The van der Waals surface area contributed by atoms with Crippen molar-refractivity contribution in [3.8, 4) is 11.5 Å². The van der Waals surface area contributed by atoms with Gasteiger partial charge < -0.3 is 20.1 Å². The minimum atomic E-state index is -0.511. The number of nitrogens with one attached hydrogen (secondary N) is 2. The van der Waals surface area contributed by atoms with Gasteiger partial charge in [0, 0.05) is 16.8 Å². The third-order valence-corrected chi connectivity index (χ3v) is 5.76. The number of carbonyl (C=O) groups excluding carboxylic acids is 3. The number of ketones is 1. The number of carbonyl (C=O) groups is 3. The Morgan fingerprint density at radius 3 is 2.11 bits per heavy atom. The van der Waals surface area contributed by atoms with E-state index in [0.29, 0.717) is 33.9 Å². The summed E-state index contributed by atoms with van der Waals surface area (Å²) in [6, 6.07) is 19.1. The van der Waals surface area contributed by atoms with Gasteiger partial charge in [-0.05, 0) is 78.1 Å². The molecule has 0 saturated heterocycles. The zero-order valence-corrected chi connectivity index (χ0v) is 20.7. The van der Waals surface area contributed by atoms with Crippen molar-refractivity contribution in [1.82, 2.24) is 5.32 Å². The highest BCUT2D eigenvalue weighted by atomic mass is 16.7. The van der Waals surface area contributed by atoms with Crippen LogP contribution < -0.4 is 20.1 Å². The van der Waals surface area contributed by atoms with Gasteiger partial charge in [0.15, 0.2) is 17.3 Å². The number of hydrogen-bond acceptors (Lipinski definition) is 5. The Bertz CT molecular complexity index is 1330. The molecule has 3 aromatic rings. The van der Waals surface area contributed by atoms with Gasteiger partial charge in [0.2, 0.25) is 6.79 Å². The van der Waals surface area contributed by atoms with Crippen molar-refractivity contribution in [3.05, 3.63) is 94.7 Å². The highest BCUT2D eigenvalue weighted by molar-refractivity contribution is 6.10. The SMILES string of the molecule is CC(=O)c1ccc(NC(=O)C(=Cc2ccc3c(c2)OCO3)NC(=O)c2ccc(C(C)(C)C)cc2)cc1. The monoisotopic (exact) mass is 484 g/mol. The highest BCUT2D eigenvalue weighted by Crippen LogP contribution is 2.33. The van der Waals surface area contributed by atoms with Crippen molar-refractivity contribution >= 4 is 29.4 Å². The van der Waals surface area contributed by atoms with Gasteiger partial charge in [-0.3, -0.25) is 14.4 Å². The predicted octanol–water partition coefficient (Wildman–Crippen LogP) is 5.33. The molecule has 2 N–H and O–H groups in total. The van der Waals surface area contributed by atoms with Gasteiger partial charge in [-0.1, -0.05) is 39.0 Å². The zero-order chi connectivity index (χ0) is 25.9. The van der Waals surface area contributed by atoms with E-state index in [9.17, 15) is 14.4 Å². The molecule has 1 heterocycles. The standard InChI is InChI=1S/C29H28N2O5/c1-18(32)20-8-12-23(13-9-20)30-28(34)24(15-19-5-14-25-26(16-19)36-17-35-25)31-27(33)21-6-10-22(11-7-21)29(2,3)4/h5-16H,17H2,1-4H3,(H,30,34)(H,31,33). The van der Waals surface area contributed by atoms with Crippen LogP contribution in [0, 0.1) is 0 Å². The van der Waals surface area contributed by atoms with Crippen LogP contribution in [0.5, 0.6) is 11.5 Å². The molecule has 1 aliphatic rings. The Hall–Kier alpha value is -4.39. The Morgan fingerprint density at radius 1 is 0.833 bits per heavy atom. The van der Waals surface area contributed by atoms with E-state index in [0.717, 1.165) is 5.56 Å². The van der Waals surface area contributed by atoms with Crippen LogP contribution >= 0.6 is 0 Å². The molecule has 0 aliphatic carbocycles. The summed E-state index contributed by atoms with van der Waals surface area (Å²) in [6.07, 6.45) is 1.57. The minimum absolute atomic E-state index is 0.0444. The molecule has 4 rings (SSSR count). The van der Waals surface area contributed by atoms with E-state index < -0.39 is 11.8 Å². The molecular formula is C29H28N2O5. The van der Waals surface area contributed by atoms with Crippen LogP contribution in [0.4, 0.5) is 5.69 Å². The van der Waals surface area contributed by atoms with E-state index in [1.807, 2.05) is 12.1 Å². The topological polar surface area (TPSA) is 93.7 Å². The molecule has 7 nitrogen and oxygen atoms in total. The lowest BCUT2D eigenvalue weighted by Gasteiger charge is -2.19. The Morgan fingerprint density at radius 2 is 1.47 bits per heavy atom. The molecule has 36 heavy (non-hydrogen) atoms. The summed E-state index contributed by atoms with van der Waals surface area (Å²) in [4.78, 5) is 37.8. The van der Waals surface area contributed by atoms with Crippen molar-refractivity contribution in [2.45, 2.75) is 33.1 Å². The Labute approximate surface area is 210 Å². The van der Waals surface area contributed by atoms with E-state index in [1.165, 1.54) is 6.92 Å². The molecule has 184 valence electrons. The fourth-order valence-electron chi connectivity index (χ4n) is 3.63. The molecule has 0 atom stereocenters. The van der Waals surface area contributed by atoms with Crippen LogP contribution in [0.3, 0.4) is 0 Å². The molecule has 1 aliphatic heterocycles. The van der Waals surface area contributed by atoms with Crippen LogP contribution in [0.25, 0.3) is 6.08 Å². The number of Topliss-reactive ketones (excluding diaryl/α,β-unsaturated/α-hetero) is 1. The van der Waals surface area contributed by atoms with Crippen LogP contribution in [0.1, 0.15) is 59.5 Å². The van der Waals surface area contributed by atoms with Crippen LogP contribution in [0.15, 0.2) is 72.4 Å². The van der Waals surface area contributed by atoms with E-state index in [2.05, 4.69) is 31.4 Å². The number of rotatable bonds is 6. The van der Waals surface area contributed by atoms with E-state index >= 15 is 0 Å². The average Bonchev–Trinajstić information content (AvgIpc) is 3.31. The summed E-state index contributed by atoms with van der Waals surface area (Å²) in [5, 5.41) is 5.52. The van der Waals surface area contributed by atoms with Gasteiger partial charge in [0.25, 0.3) is 11.8 Å². The highest BCUT2D eigenvalue weighted by Gasteiger charge is 2.19. The summed E-state index contributed by atoms with van der Waals surface area (Å²) < 4.78 is 10.8. The quantitative estimate of drug-likeness (QED) is 0.365. The largest absolute Gasteiger partial charge is 0.454 e. The van der Waals surface area contributed by atoms with Gasteiger partial charge in [-0.25, -0.2) is 0 Å². The molecule has 7 heteroatoms. The number of hydrogen-bond donors (Lipinski definition) is 2. The molecule has 0 unspecified atom stereocenters. The lowest BCUT2D eigenvalue weighted by atomic mass is 9.87. The van der Waals surface area contributed by atoms with Gasteiger partial charge in [-0.15, -0.1) is 0 Å². The maximum atomic E-state index is 13.2. The summed E-state index contributed by atoms with van der Waals surface area (Å²) in [5.74, 6) is 0.188. The summed E-state index contributed by atoms with van der Waals surface area (Å²) in [6.45, 7) is 7.90. The van der Waals surface area contributed by atoms with Gasteiger partial charge >= 0.3 is 0 Å². The summed E-state index contributed by atoms with van der Waals surface area (Å²) in [7, 11) is 0. The molecule has 0 aromatic heterocycles. The maximum absolute atomic E-state index is 13.2. The van der Waals surface area contributed by atoms with Gasteiger partial charge in [0.1, 0.15) is 5.70 Å². The van der Waals surface area contributed by atoms with Crippen molar-refractivity contribution in [1.29, 1.82) is 0 Å². The van der Waals surface area contributed by atoms with Gasteiger partial charge in [0.05, 0.1) is 0 Å².